The Balaban J connectivity index is 1.30. The standard InChI is InChI=1S/C39H30N2/c1-2-10-28-17-23-38-36(25-28)37-26-32(30-13-7-4-8-14-30)20-24-39(37)41(38)35-16-9-15-34(27-35)40-33-21-18-31(19-22-33)29-11-5-3-6-12-29/h2-27,40H,1H3. The zero-order valence-electron chi connectivity index (χ0n) is 23.0. The topological polar surface area (TPSA) is 17.0 Å². The van der Waals surface area contributed by atoms with Crippen LogP contribution in [0.4, 0.5) is 11.4 Å². The molecule has 7 aromatic rings. The lowest BCUT2D eigenvalue weighted by molar-refractivity contribution is 1.18. The Morgan fingerprint density at radius 2 is 1.10 bits per heavy atom. The molecule has 6 aromatic carbocycles. The molecule has 0 saturated heterocycles. The number of rotatable bonds is 6. The SMILES string of the molecule is CC=Cc1ccc2c(c1)c1cc(-c3ccccc3)ccc1n2-c1cccc(Nc2ccc(-c3ccccc3)cc2)c1. The van der Waals surface area contributed by atoms with Crippen LogP contribution in [0.25, 0.3) is 55.8 Å². The van der Waals surface area contributed by atoms with Crippen LogP contribution in [-0.2, 0) is 0 Å². The smallest absolute Gasteiger partial charge is 0.0541 e. The van der Waals surface area contributed by atoms with Crippen molar-refractivity contribution in [1.29, 1.82) is 0 Å². The summed E-state index contributed by atoms with van der Waals surface area (Å²) in [5.41, 5.74) is 11.7. The predicted octanol–water partition coefficient (Wildman–Crippen LogP) is 10.9. The van der Waals surface area contributed by atoms with Gasteiger partial charge in [-0.25, -0.2) is 0 Å². The van der Waals surface area contributed by atoms with E-state index in [1.165, 1.54) is 49.6 Å². The van der Waals surface area contributed by atoms with E-state index in [-0.39, 0.29) is 0 Å². The molecule has 0 fully saturated rings. The van der Waals surface area contributed by atoms with Gasteiger partial charge in [0.25, 0.3) is 0 Å². The second-order valence-corrected chi connectivity index (χ2v) is 10.3. The first kappa shape index (κ1) is 24.7. The molecule has 0 amide bonds. The van der Waals surface area contributed by atoms with Crippen molar-refractivity contribution in [2.75, 3.05) is 5.32 Å². The molecule has 0 bridgehead atoms. The minimum absolute atomic E-state index is 1.05. The van der Waals surface area contributed by atoms with Crippen LogP contribution in [0.3, 0.4) is 0 Å². The third kappa shape index (κ3) is 4.81. The summed E-state index contributed by atoms with van der Waals surface area (Å²) in [5, 5.41) is 6.12. The van der Waals surface area contributed by atoms with Crippen molar-refractivity contribution in [3.8, 4) is 27.9 Å². The summed E-state index contributed by atoms with van der Waals surface area (Å²) in [6.45, 7) is 2.06. The summed E-state index contributed by atoms with van der Waals surface area (Å²) in [4.78, 5) is 0. The first-order valence-corrected chi connectivity index (χ1v) is 14.1. The number of fused-ring (bicyclic) bond motifs is 3. The molecule has 2 nitrogen and oxygen atoms in total. The Morgan fingerprint density at radius 1 is 0.488 bits per heavy atom. The monoisotopic (exact) mass is 526 g/mol. The van der Waals surface area contributed by atoms with Crippen molar-refractivity contribution in [3.63, 3.8) is 0 Å². The van der Waals surface area contributed by atoms with Crippen molar-refractivity contribution in [1.82, 2.24) is 4.57 Å². The second-order valence-electron chi connectivity index (χ2n) is 10.3. The number of anilines is 2. The molecule has 0 atom stereocenters. The molecule has 0 unspecified atom stereocenters. The average molecular weight is 527 g/mol. The largest absolute Gasteiger partial charge is 0.355 e. The van der Waals surface area contributed by atoms with Gasteiger partial charge < -0.3 is 9.88 Å². The Kier molecular flexibility index (Phi) is 6.42. The number of nitrogens with one attached hydrogen (secondary N) is 1. The predicted molar refractivity (Wildman–Crippen MR) is 176 cm³/mol. The first-order chi connectivity index (χ1) is 20.3. The summed E-state index contributed by atoms with van der Waals surface area (Å²) in [6, 6.07) is 52.0. The maximum Gasteiger partial charge on any atom is 0.0541 e. The van der Waals surface area contributed by atoms with Gasteiger partial charge in [0.1, 0.15) is 0 Å². The molecule has 0 saturated carbocycles. The van der Waals surface area contributed by atoms with E-state index in [2.05, 4.69) is 168 Å². The Bertz CT molecular complexity index is 2000. The molecule has 2 heteroatoms. The highest BCUT2D eigenvalue weighted by Gasteiger charge is 2.14. The molecule has 1 heterocycles. The fraction of sp³-hybridized carbons (Fsp3) is 0.0256. The molecular formula is C39H30N2. The van der Waals surface area contributed by atoms with E-state index >= 15 is 0 Å². The van der Waals surface area contributed by atoms with Crippen molar-refractivity contribution in [2.45, 2.75) is 6.92 Å². The molecule has 0 spiro atoms. The maximum absolute atomic E-state index is 3.62. The molecule has 7 rings (SSSR count). The van der Waals surface area contributed by atoms with Gasteiger partial charge in [-0.1, -0.05) is 103 Å². The molecule has 196 valence electrons. The van der Waals surface area contributed by atoms with E-state index in [9.17, 15) is 0 Å². The first-order valence-electron chi connectivity index (χ1n) is 14.1. The van der Waals surface area contributed by atoms with Crippen LogP contribution in [0.5, 0.6) is 0 Å². The van der Waals surface area contributed by atoms with Gasteiger partial charge in [-0.05, 0) is 89.3 Å². The Hall–Kier alpha value is -5.34. The second kappa shape index (κ2) is 10.7. The average Bonchev–Trinajstić information content (AvgIpc) is 3.36. The van der Waals surface area contributed by atoms with Crippen LogP contribution in [0.15, 0.2) is 152 Å². The minimum atomic E-state index is 1.05. The molecule has 0 radical (unpaired) electrons. The van der Waals surface area contributed by atoms with E-state index < -0.39 is 0 Å². The van der Waals surface area contributed by atoms with Gasteiger partial charge in [0.05, 0.1) is 11.0 Å². The maximum atomic E-state index is 3.62. The molecular weight excluding hydrogens is 496 g/mol. The number of nitrogens with zero attached hydrogens (tertiary/aromatic N) is 1. The Labute approximate surface area is 240 Å². The van der Waals surface area contributed by atoms with Crippen LogP contribution < -0.4 is 5.32 Å². The number of aromatic nitrogens is 1. The number of benzene rings is 6. The zero-order valence-corrected chi connectivity index (χ0v) is 23.0. The molecule has 0 aliphatic rings. The van der Waals surface area contributed by atoms with Crippen LogP contribution in [-0.4, -0.2) is 4.57 Å². The van der Waals surface area contributed by atoms with Gasteiger partial charge in [0.2, 0.25) is 0 Å². The molecule has 0 aliphatic heterocycles. The Morgan fingerprint density at radius 3 is 1.80 bits per heavy atom. The van der Waals surface area contributed by atoms with Crippen LogP contribution in [0, 0.1) is 0 Å². The van der Waals surface area contributed by atoms with Crippen molar-refractivity contribution >= 4 is 39.3 Å². The lowest BCUT2D eigenvalue weighted by Gasteiger charge is -2.12. The quantitative estimate of drug-likeness (QED) is 0.228. The summed E-state index contributed by atoms with van der Waals surface area (Å²) < 4.78 is 2.38. The van der Waals surface area contributed by atoms with Gasteiger partial charge >= 0.3 is 0 Å². The zero-order chi connectivity index (χ0) is 27.6. The third-order valence-corrected chi connectivity index (χ3v) is 7.64. The molecule has 41 heavy (non-hydrogen) atoms. The van der Waals surface area contributed by atoms with Crippen LogP contribution in [0.2, 0.25) is 0 Å². The van der Waals surface area contributed by atoms with Gasteiger partial charge in [-0.15, -0.1) is 0 Å². The van der Waals surface area contributed by atoms with E-state index in [0.717, 1.165) is 17.1 Å². The van der Waals surface area contributed by atoms with Crippen molar-refractivity contribution < 1.29 is 0 Å². The van der Waals surface area contributed by atoms with E-state index in [0.29, 0.717) is 0 Å². The lowest BCUT2D eigenvalue weighted by Crippen LogP contribution is -1.96. The lowest BCUT2D eigenvalue weighted by atomic mass is 10.0. The normalized spacial score (nSPS) is 11.4. The fourth-order valence-electron chi connectivity index (χ4n) is 5.69. The highest BCUT2D eigenvalue weighted by molar-refractivity contribution is 6.11. The van der Waals surface area contributed by atoms with E-state index in [4.69, 9.17) is 0 Å². The summed E-state index contributed by atoms with van der Waals surface area (Å²) in [6.07, 6.45) is 4.26. The van der Waals surface area contributed by atoms with Gasteiger partial charge in [-0.3, -0.25) is 0 Å². The van der Waals surface area contributed by atoms with Crippen molar-refractivity contribution in [3.05, 3.63) is 157 Å². The third-order valence-electron chi connectivity index (χ3n) is 7.64. The fourth-order valence-corrected chi connectivity index (χ4v) is 5.69. The highest BCUT2D eigenvalue weighted by Crippen LogP contribution is 2.36. The van der Waals surface area contributed by atoms with Crippen LogP contribution in [0.1, 0.15) is 12.5 Å². The van der Waals surface area contributed by atoms with Gasteiger partial charge in [-0.2, -0.15) is 0 Å². The number of allylic oxidation sites excluding steroid dienone is 1. The van der Waals surface area contributed by atoms with Gasteiger partial charge in [0.15, 0.2) is 0 Å². The molecule has 1 aromatic heterocycles. The molecule has 1 N–H and O–H groups in total. The van der Waals surface area contributed by atoms with E-state index in [1.54, 1.807) is 0 Å². The minimum Gasteiger partial charge on any atom is -0.355 e. The number of hydrogen-bond donors (Lipinski definition) is 1. The van der Waals surface area contributed by atoms with Crippen LogP contribution >= 0.6 is 0 Å². The van der Waals surface area contributed by atoms with Crippen molar-refractivity contribution in [2.24, 2.45) is 0 Å². The summed E-state index contributed by atoms with van der Waals surface area (Å²) >= 11 is 0. The number of hydrogen-bond acceptors (Lipinski definition) is 1. The molecule has 0 aliphatic carbocycles. The summed E-state index contributed by atoms with van der Waals surface area (Å²) in [5.74, 6) is 0. The van der Waals surface area contributed by atoms with E-state index in [1.807, 2.05) is 6.07 Å². The summed E-state index contributed by atoms with van der Waals surface area (Å²) in [7, 11) is 0. The highest BCUT2D eigenvalue weighted by atomic mass is 15.0. The van der Waals surface area contributed by atoms with Gasteiger partial charge in [0, 0.05) is 27.8 Å².